The number of hydrogen-bond donors (Lipinski definition) is 0. The third-order valence-electron chi connectivity index (χ3n) is 6.39. The monoisotopic (exact) mass is 486 g/mol. The highest BCUT2D eigenvalue weighted by molar-refractivity contribution is 5.90. The summed E-state index contributed by atoms with van der Waals surface area (Å²) in [5.41, 5.74) is 0.178. The predicted octanol–water partition coefficient (Wildman–Crippen LogP) is 7.71. The lowest BCUT2D eigenvalue weighted by Crippen LogP contribution is -2.24. The van der Waals surface area contributed by atoms with E-state index >= 15 is 0 Å². The minimum Gasteiger partial charge on any atom is -0.491 e. The summed E-state index contributed by atoms with van der Waals surface area (Å²) in [7, 11) is 0. The molecule has 3 nitrogen and oxygen atoms in total. The Morgan fingerprint density at radius 3 is 1.89 bits per heavy atom. The average Bonchev–Trinajstić information content (AvgIpc) is 2.85. The lowest BCUT2D eigenvalue weighted by atomic mass is 9.89. The number of rotatable bonds is 6. The summed E-state index contributed by atoms with van der Waals surface area (Å²) in [4.78, 5) is 12.4. The Bertz CT molecular complexity index is 1220. The molecule has 0 unspecified atom stereocenters. The molecule has 184 valence electrons. The van der Waals surface area contributed by atoms with Crippen LogP contribution in [0.2, 0.25) is 0 Å². The maximum absolute atomic E-state index is 14.9. The molecular formula is C28H26F4O3. The Labute approximate surface area is 201 Å². The number of ether oxygens (including phenoxy) is 2. The van der Waals surface area contributed by atoms with E-state index in [9.17, 15) is 22.4 Å². The Balaban J connectivity index is 1.54. The van der Waals surface area contributed by atoms with Crippen molar-refractivity contribution in [2.75, 3.05) is 6.61 Å². The first kappa shape index (κ1) is 24.8. The van der Waals surface area contributed by atoms with Crippen LogP contribution in [0.15, 0.2) is 48.5 Å². The van der Waals surface area contributed by atoms with E-state index in [0.717, 1.165) is 12.8 Å². The first-order valence-electron chi connectivity index (χ1n) is 11.7. The second kappa shape index (κ2) is 10.5. The fraction of sp³-hybridized carbons (Fsp3) is 0.321. The number of halogens is 4. The largest absolute Gasteiger partial charge is 0.491 e. The maximum Gasteiger partial charge on any atom is 0.341 e. The van der Waals surface area contributed by atoms with Gasteiger partial charge in [-0.2, -0.15) is 4.39 Å². The molecule has 1 fully saturated rings. The molecule has 35 heavy (non-hydrogen) atoms. The summed E-state index contributed by atoms with van der Waals surface area (Å²) in [6.07, 6.45) is 2.98. The molecule has 0 spiro atoms. The molecule has 0 saturated heterocycles. The highest BCUT2D eigenvalue weighted by Crippen LogP contribution is 2.33. The van der Waals surface area contributed by atoms with E-state index in [-0.39, 0.29) is 29.6 Å². The molecule has 0 bridgehead atoms. The predicted molar refractivity (Wildman–Crippen MR) is 125 cm³/mol. The molecule has 1 saturated carbocycles. The van der Waals surface area contributed by atoms with E-state index in [1.807, 2.05) is 0 Å². The summed E-state index contributed by atoms with van der Waals surface area (Å²) in [6, 6.07) is 11.2. The Morgan fingerprint density at radius 1 is 0.771 bits per heavy atom. The molecule has 0 aliphatic heterocycles. The highest BCUT2D eigenvalue weighted by Gasteiger charge is 2.26. The normalized spacial score (nSPS) is 17.8. The molecule has 1 aliphatic carbocycles. The summed E-state index contributed by atoms with van der Waals surface area (Å²) in [6.45, 7) is 3.99. The van der Waals surface area contributed by atoms with Gasteiger partial charge in [0.15, 0.2) is 23.2 Å². The summed E-state index contributed by atoms with van der Waals surface area (Å²) in [5.74, 6) is -5.10. The molecule has 3 aromatic rings. The van der Waals surface area contributed by atoms with Crippen LogP contribution in [-0.2, 0) is 4.74 Å². The summed E-state index contributed by atoms with van der Waals surface area (Å²) in [5, 5.41) is 0. The van der Waals surface area contributed by atoms with Gasteiger partial charge in [0.05, 0.1) is 12.2 Å². The van der Waals surface area contributed by atoms with Gasteiger partial charge in [-0.15, -0.1) is 0 Å². The van der Waals surface area contributed by atoms with Crippen LogP contribution in [-0.4, -0.2) is 18.7 Å². The quantitative estimate of drug-likeness (QED) is 0.264. The van der Waals surface area contributed by atoms with Crippen molar-refractivity contribution >= 4 is 5.97 Å². The summed E-state index contributed by atoms with van der Waals surface area (Å²) >= 11 is 0. The van der Waals surface area contributed by atoms with Crippen molar-refractivity contribution in [2.24, 2.45) is 5.92 Å². The molecule has 3 aromatic carbocycles. The molecule has 4 rings (SSSR count). The third-order valence-corrected chi connectivity index (χ3v) is 6.39. The SMILES string of the molecule is CCOc1ccc(-c2ccc(-c3ccc(C(=O)OC4CCC(C)CC4)c(F)c3F)cc2)c(F)c1F. The van der Waals surface area contributed by atoms with Crippen LogP contribution in [0.3, 0.4) is 0 Å². The Morgan fingerprint density at radius 2 is 1.31 bits per heavy atom. The van der Waals surface area contributed by atoms with E-state index in [0.29, 0.717) is 29.9 Å². The number of hydrogen-bond acceptors (Lipinski definition) is 3. The number of carbonyl (C=O) groups excluding carboxylic acids is 1. The lowest BCUT2D eigenvalue weighted by Gasteiger charge is -2.26. The highest BCUT2D eigenvalue weighted by atomic mass is 19.2. The van der Waals surface area contributed by atoms with Crippen molar-refractivity contribution in [3.8, 4) is 28.0 Å². The second-order valence-electron chi connectivity index (χ2n) is 8.83. The number of carbonyl (C=O) groups is 1. The van der Waals surface area contributed by atoms with Crippen molar-refractivity contribution in [2.45, 2.75) is 45.6 Å². The molecule has 0 N–H and O–H groups in total. The second-order valence-corrected chi connectivity index (χ2v) is 8.83. The molecular weight excluding hydrogens is 460 g/mol. The number of esters is 1. The minimum atomic E-state index is -1.28. The van der Waals surface area contributed by atoms with Crippen LogP contribution in [0.5, 0.6) is 5.75 Å². The van der Waals surface area contributed by atoms with Gasteiger partial charge in [0.2, 0.25) is 5.82 Å². The van der Waals surface area contributed by atoms with E-state index in [1.165, 1.54) is 48.5 Å². The van der Waals surface area contributed by atoms with E-state index in [1.54, 1.807) is 6.92 Å². The minimum absolute atomic E-state index is 0.0133. The van der Waals surface area contributed by atoms with Crippen LogP contribution >= 0.6 is 0 Å². The fourth-order valence-electron chi connectivity index (χ4n) is 4.34. The van der Waals surface area contributed by atoms with Crippen LogP contribution in [0.4, 0.5) is 17.6 Å². The molecule has 0 amide bonds. The van der Waals surface area contributed by atoms with E-state index in [4.69, 9.17) is 9.47 Å². The van der Waals surface area contributed by atoms with Crippen molar-refractivity contribution in [1.29, 1.82) is 0 Å². The molecule has 0 radical (unpaired) electrons. The van der Waals surface area contributed by atoms with Crippen LogP contribution < -0.4 is 4.74 Å². The van der Waals surface area contributed by atoms with Gasteiger partial charge in [0.25, 0.3) is 0 Å². The first-order chi connectivity index (χ1) is 16.8. The Hall–Kier alpha value is -3.35. The Kier molecular flexibility index (Phi) is 7.43. The maximum atomic E-state index is 14.9. The van der Waals surface area contributed by atoms with Crippen molar-refractivity contribution in [3.63, 3.8) is 0 Å². The van der Waals surface area contributed by atoms with Gasteiger partial charge in [-0.3, -0.25) is 0 Å². The van der Waals surface area contributed by atoms with Gasteiger partial charge < -0.3 is 9.47 Å². The van der Waals surface area contributed by atoms with Gasteiger partial charge in [-0.05, 0) is 67.9 Å². The number of benzene rings is 3. The topological polar surface area (TPSA) is 35.5 Å². The van der Waals surface area contributed by atoms with E-state index in [2.05, 4.69) is 6.92 Å². The lowest BCUT2D eigenvalue weighted by molar-refractivity contribution is 0.0168. The van der Waals surface area contributed by atoms with E-state index < -0.39 is 34.8 Å². The average molecular weight is 487 g/mol. The molecule has 1 aliphatic rings. The summed E-state index contributed by atoms with van der Waals surface area (Å²) < 4.78 is 68.8. The van der Waals surface area contributed by atoms with Gasteiger partial charge in [0, 0.05) is 11.1 Å². The van der Waals surface area contributed by atoms with Gasteiger partial charge in [-0.25, -0.2) is 18.0 Å². The van der Waals surface area contributed by atoms with Crippen LogP contribution in [0, 0.1) is 29.2 Å². The smallest absolute Gasteiger partial charge is 0.341 e. The van der Waals surface area contributed by atoms with Crippen LogP contribution in [0.25, 0.3) is 22.3 Å². The first-order valence-corrected chi connectivity index (χ1v) is 11.7. The van der Waals surface area contributed by atoms with Gasteiger partial charge >= 0.3 is 5.97 Å². The van der Waals surface area contributed by atoms with Crippen molar-refractivity contribution in [3.05, 3.63) is 77.4 Å². The zero-order chi connectivity index (χ0) is 25.1. The standard InChI is InChI=1S/C28H26F4O3/c1-3-34-23-15-14-21(25(30)27(23)32)18-8-6-17(7-9-18)20-12-13-22(26(31)24(20)29)28(33)35-19-10-4-16(2)5-11-19/h6-9,12-16,19H,3-5,10-11H2,1-2H3. The fourth-order valence-corrected chi connectivity index (χ4v) is 4.34. The molecule has 0 atom stereocenters. The van der Waals surface area contributed by atoms with Crippen LogP contribution in [0.1, 0.15) is 49.9 Å². The van der Waals surface area contributed by atoms with Crippen molar-refractivity contribution < 1.29 is 31.8 Å². The zero-order valence-electron chi connectivity index (χ0n) is 19.5. The zero-order valence-corrected chi connectivity index (χ0v) is 19.5. The third kappa shape index (κ3) is 5.19. The molecule has 0 heterocycles. The van der Waals surface area contributed by atoms with Gasteiger partial charge in [0.1, 0.15) is 6.10 Å². The van der Waals surface area contributed by atoms with Gasteiger partial charge in [-0.1, -0.05) is 37.3 Å². The molecule has 0 aromatic heterocycles. The molecule has 7 heteroatoms. The van der Waals surface area contributed by atoms with Crippen molar-refractivity contribution in [1.82, 2.24) is 0 Å².